The number of nitrogens with two attached hydrogens (primary N) is 1. The minimum Gasteiger partial charge on any atom is -0.375 e. The van der Waals surface area contributed by atoms with Gasteiger partial charge in [-0.15, -0.1) is 11.8 Å². The second kappa shape index (κ2) is 9.57. The van der Waals surface area contributed by atoms with E-state index in [0.29, 0.717) is 6.04 Å². The summed E-state index contributed by atoms with van der Waals surface area (Å²) in [4.78, 5) is 26.5. The molecule has 0 unspecified atom stereocenters. The summed E-state index contributed by atoms with van der Waals surface area (Å²) in [6.45, 7) is 3.07. The van der Waals surface area contributed by atoms with Gasteiger partial charge >= 0.3 is 0 Å². The number of anilines is 1. The second-order valence-corrected chi connectivity index (χ2v) is 7.09. The number of primary amides is 1. The number of carbonyl (C=O) groups is 2. The number of likely N-dealkylation sites (N-methyl/N-ethyl adjacent to an activating group) is 1. The molecule has 1 fully saturated rings. The molecule has 2 amide bonds. The highest BCUT2D eigenvalue weighted by Gasteiger charge is 2.23. The standard InChI is InChI=1S/C18H27N3O2S/c1-2-21(14-8-4-3-5-9-14)18(23)12-20-15-10-6-7-11-16(15)24-13-17(19)22/h6-7,10-11,14,20H,2-5,8-9,12-13H2,1H3,(H2,19,22). The highest BCUT2D eigenvalue weighted by Crippen LogP contribution is 2.27. The van der Waals surface area contributed by atoms with E-state index >= 15 is 0 Å². The average Bonchev–Trinajstić information content (AvgIpc) is 2.60. The van der Waals surface area contributed by atoms with Gasteiger partial charge in [-0.25, -0.2) is 0 Å². The van der Waals surface area contributed by atoms with Crippen molar-refractivity contribution in [3.63, 3.8) is 0 Å². The van der Waals surface area contributed by atoms with Crippen molar-refractivity contribution in [3.8, 4) is 0 Å². The van der Waals surface area contributed by atoms with E-state index in [4.69, 9.17) is 5.73 Å². The molecule has 0 saturated heterocycles. The largest absolute Gasteiger partial charge is 0.375 e. The van der Waals surface area contributed by atoms with Crippen molar-refractivity contribution in [1.82, 2.24) is 4.90 Å². The molecule has 0 aliphatic heterocycles. The SMILES string of the molecule is CCN(C(=O)CNc1ccccc1SCC(N)=O)C1CCCCC1. The van der Waals surface area contributed by atoms with Crippen LogP contribution < -0.4 is 11.1 Å². The Hall–Kier alpha value is -1.69. The number of amides is 2. The first-order chi connectivity index (χ1) is 11.6. The van der Waals surface area contributed by atoms with Crippen LogP contribution in [0.2, 0.25) is 0 Å². The van der Waals surface area contributed by atoms with E-state index in [1.807, 2.05) is 36.1 Å². The third-order valence-electron chi connectivity index (χ3n) is 4.36. The third kappa shape index (κ3) is 5.44. The van der Waals surface area contributed by atoms with Crippen LogP contribution in [0.3, 0.4) is 0 Å². The molecule has 1 aromatic carbocycles. The van der Waals surface area contributed by atoms with Crippen LogP contribution in [0.25, 0.3) is 0 Å². The molecule has 0 heterocycles. The molecule has 5 nitrogen and oxygen atoms in total. The lowest BCUT2D eigenvalue weighted by Gasteiger charge is -2.33. The van der Waals surface area contributed by atoms with E-state index < -0.39 is 0 Å². The van der Waals surface area contributed by atoms with Crippen LogP contribution in [0.4, 0.5) is 5.69 Å². The molecule has 132 valence electrons. The fraction of sp³-hybridized carbons (Fsp3) is 0.556. The van der Waals surface area contributed by atoms with Gasteiger partial charge in [0.2, 0.25) is 11.8 Å². The molecule has 1 aliphatic carbocycles. The first-order valence-electron chi connectivity index (χ1n) is 8.65. The number of benzene rings is 1. The van der Waals surface area contributed by atoms with Crippen LogP contribution in [-0.2, 0) is 9.59 Å². The fourth-order valence-electron chi connectivity index (χ4n) is 3.19. The van der Waals surface area contributed by atoms with Crippen LogP contribution in [0.5, 0.6) is 0 Å². The van der Waals surface area contributed by atoms with Crippen LogP contribution in [0.15, 0.2) is 29.2 Å². The van der Waals surface area contributed by atoms with Crippen LogP contribution in [0.1, 0.15) is 39.0 Å². The maximum atomic E-state index is 12.6. The van der Waals surface area contributed by atoms with E-state index in [2.05, 4.69) is 5.32 Å². The van der Waals surface area contributed by atoms with Gasteiger partial charge < -0.3 is 16.0 Å². The molecule has 0 atom stereocenters. The first kappa shape index (κ1) is 18.6. The minimum absolute atomic E-state index is 0.138. The van der Waals surface area contributed by atoms with Crippen molar-refractivity contribution in [2.75, 3.05) is 24.2 Å². The molecule has 6 heteroatoms. The minimum atomic E-state index is -0.347. The van der Waals surface area contributed by atoms with Crippen molar-refractivity contribution in [2.45, 2.75) is 50.0 Å². The quantitative estimate of drug-likeness (QED) is 0.708. The molecule has 0 bridgehead atoms. The molecule has 1 aromatic rings. The lowest BCUT2D eigenvalue weighted by Crippen LogP contribution is -2.43. The van der Waals surface area contributed by atoms with Crippen molar-refractivity contribution >= 4 is 29.3 Å². The van der Waals surface area contributed by atoms with Crippen LogP contribution >= 0.6 is 11.8 Å². The molecule has 0 aromatic heterocycles. The van der Waals surface area contributed by atoms with E-state index in [-0.39, 0.29) is 24.1 Å². The lowest BCUT2D eigenvalue weighted by molar-refractivity contribution is -0.132. The highest BCUT2D eigenvalue weighted by atomic mass is 32.2. The summed E-state index contributed by atoms with van der Waals surface area (Å²) in [6, 6.07) is 8.07. The second-order valence-electron chi connectivity index (χ2n) is 6.08. The summed E-state index contributed by atoms with van der Waals surface area (Å²) in [7, 11) is 0. The Morgan fingerprint density at radius 2 is 1.96 bits per heavy atom. The average molecular weight is 350 g/mol. The Kier molecular flexibility index (Phi) is 7.43. The maximum Gasteiger partial charge on any atom is 0.242 e. The molecule has 1 saturated carbocycles. The Morgan fingerprint density at radius 1 is 1.25 bits per heavy atom. The van der Waals surface area contributed by atoms with Crippen LogP contribution in [-0.4, -0.2) is 41.6 Å². The van der Waals surface area contributed by atoms with E-state index in [1.54, 1.807) is 0 Å². The van der Waals surface area contributed by atoms with Crippen molar-refractivity contribution in [1.29, 1.82) is 0 Å². The highest BCUT2D eigenvalue weighted by molar-refractivity contribution is 8.00. The number of rotatable bonds is 8. The number of thioether (sulfide) groups is 1. The lowest BCUT2D eigenvalue weighted by atomic mass is 9.94. The van der Waals surface area contributed by atoms with E-state index in [9.17, 15) is 9.59 Å². The van der Waals surface area contributed by atoms with E-state index in [1.165, 1.54) is 31.0 Å². The van der Waals surface area contributed by atoms with Gasteiger partial charge in [0.25, 0.3) is 0 Å². The smallest absolute Gasteiger partial charge is 0.242 e. The molecule has 24 heavy (non-hydrogen) atoms. The molecule has 3 N–H and O–H groups in total. The summed E-state index contributed by atoms with van der Waals surface area (Å²) in [5.41, 5.74) is 6.08. The van der Waals surface area contributed by atoms with Gasteiger partial charge in [-0.2, -0.15) is 0 Å². The van der Waals surface area contributed by atoms with Gasteiger partial charge in [-0.3, -0.25) is 9.59 Å². The normalized spacial score (nSPS) is 15.0. The Bertz CT molecular complexity index is 559. The van der Waals surface area contributed by atoms with Crippen molar-refractivity contribution in [2.24, 2.45) is 5.73 Å². The number of hydrogen-bond acceptors (Lipinski definition) is 4. The molecule has 2 rings (SSSR count). The van der Waals surface area contributed by atoms with Crippen molar-refractivity contribution < 1.29 is 9.59 Å². The first-order valence-corrected chi connectivity index (χ1v) is 9.63. The molecule has 0 radical (unpaired) electrons. The molecule has 1 aliphatic rings. The summed E-state index contributed by atoms with van der Waals surface area (Å²) in [5.74, 6) is 0.0231. The number of nitrogens with one attached hydrogen (secondary N) is 1. The van der Waals surface area contributed by atoms with Crippen LogP contribution in [0, 0.1) is 0 Å². The Balaban J connectivity index is 1.93. The summed E-state index contributed by atoms with van der Waals surface area (Å²) in [5, 5.41) is 3.23. The maximum absolute atomic E-state index is 12.6. The Labute approximate surface area is 148 Å². The van der Waals surface area contributed by atoms with Crippen molar-refractivity contribution in [3.05, 3.63) is 24.3 Å². The van der Waals surface area contributed by atoms with Gasteiger partial charge in [0.1, 0.15) is 0 Å². The number of para-hydroxylation sites is 1. The third-order valence-corrected chi connectivity index (χ3v) is 5.46. The summed E-state index contributed by atoms with van der Waals surface area (Å²) >= 11 is 1.39. The topological polar surface area (TPSA) is 75.4 Å². The number of nitrogens with zero attached hydrogens (tertiary/aromatic N) is 1. The zero-order valence-electron chi connectivity index (χ0n) is 14.3. The summed E-state index contributed by atoms with van der Waals surface area (Å²) < 4.78 is 0. The predicted octanol–water partition coefficient (Wildman–Crippen LogP) is 2.86. The van der Waals surface area contributed by atoms with Gasteiger partial charge in [-0.1, -0.05) is 31.4 Å². The number of hydrogen-bond donors (Lipinski definition) is 2. The number of carbonyl (C=O) groups excluding carboxylic acids is 2. The van der Waals surface area contributed by atoms with Gasteiger partial charge in [-0.05, 0) is 31.9 Å². The van der Waals surface area contributed by atoms with Gasteiger partial charge in [0.15, 0.2) is 0 Å². The van der Waals surface area contributed by atoms with Gasteiger partial charge in [0.05, 0.1) is 12.3 Å². The molecular weight excluding hydrogens is 322 g/mol. The molecular formula is C18H27N3O2S. The van der Waals surface area contributed by atoms with Gasteiger partial charge in [0, 0.05) is 23.2 Å². The zero-order chi connectivity index (χ0) is 17.4. The Morgan fingerprint density at radius 3 is 2.62 bits per heavy atom. The fourth-order valence-corrected chi connectivity index (χ4v) is 3.96. The monoisotopic (exact) mass is 349 g/mol. The summed E-state index contributed by atoms with van der Waals surface area (Å²) in [6.07, 6.45) is 5.95. The predicted molar refractivity (Wildman–Crippen MR) is 99.1 cm³/mol. The van der Waals surface area contributed by atoms with E-state index in [0.717, 1.165) is 30.0 Å². The zero-order valence-corrected chi connectivity index (χ0v) is 15.1. The molecule has 0 spiro atoms.